The molecule has 0 heterocycles. The van der Waals surface area contributed by atoms with E-state index in [1.807, 2.05) is 13.8 Å². The third-order valence-electron chi connectivity index (χ3n) is 9.08. The van der Waals surface area contributed by atoms with Crippen molar-refractivity contribution in [3.8, 4) is 0 Å². The molecule has 280 valence electrons. The van der Waals surface area contributed by atoms with Crippen LogP contribution in [-0.2, 0) is 16.3 Å². The molecule has 0 N–H and O–H groups in total. The van der Waals surface area contributed by atoms with Gasteiger partial charge in [0.15, 0.2) is 0 Å². The van der Waals surface area contributed by atoms with E-state index < -0.39 is 13.0 Å². The van der Waals surface area contributed by atoms with Gasteiger partial charge < -0.3 is 9.42 Å². The third kappa shape index (κ3) is 36.6. The SMILES string of the molecule is CC(C)COP([O-])(=S)SCC(C)C.CCCCCCCCCCCCCC[P+](CCCCCC)(CCCCCC)CCCCCC. The molecule has 0 aliphatic heterocycles. The molecule has 0 aliphatic carbocycles. The van der Waals surface area contributed by atoms with Crippen molar-refractivity contribution in [2.45, 2.75) is 209 Å². The maximum Gasteiger partial charge on any atom is 0.0594 e. The van der Waals surface area contributed by atoms with E-state index in [9.17, 15) is 4.89 Å². The molecule has 1 unspecified atom stereocenters. The lowest BCUT2D eigenvalue weighted by Gasteiger charge is -2.28. The summed E-state index contributed by atoms with van der Waals surface area (Å²) in [6, 6.07) is 0. The smallest absolute Gasteiger partial charge is 0.0594 e. The minimum absolute atomic E-state index is 0.385. The van der Waals surface area contributed by atoms with E-state index in [2.05, 4.69) is 41.5 Å². The van der Waals surface area contributed by atoms with Gasteiger partial charge in [-0.25, -0.2) is 0 Å². The lowest BCUT2D eigenvalue weighted by Crippen LogP contribution is -2.13. The van der Waals surface area contributed by atoms with Crippen molar-refractivity contribution in [2.24, 2.45) is 11.8 Å². The van der Waals surface area contributed by atoms with Gasteiger partial charge in [0.25, 0.3) is 0 Å². The predicted octanol–water partition coefficient (Wildman–Crippen LogP) is 15.1. The molecular weight excluding hydrogens is 639 g/mol. The normalized spacial score (nSPS) is 13.3. The highest BCUT2D eigenvalue weighted by Gasteiger charge is 2.34. The van der Waals surface area contributed by atoms with Crippen LogP contribution in [-0.4, -0.2) is 37.0 Å². The van der Waals surface area contributed by atoms with Gasteiger partial charge in [0.05, 0.1) is 31.3 Å². The van der Waals surface area contributed by atoms with E-state index in [0.29, 0.717) is 18.4 Å². The van der Waals surface area contributed by atoms with E-state index in [-0.39, 0.29) is 0 Å². The summed E-state index contributed by atoms with van der Waals surface area (Å²) in [4.78, 5) is 11.6. The molecule has 0 fully saturated rings. The van der Waals surface area contributed by atoms with Crippen molar-refractivity contribution in [1.82, 2.24) is 0 Å². The monoisotopic (exact) mass is 725 g/mol. The standard InChI is InChI=1S/C32H68P.C8H19O2PS2/c1-5-9-13-17-18-19-20-21-22-23-24-28-32-33(29-25-14-10-6-2,30-26-15-11-7-3)31-27-16-12-8-4;1-7(2)5-10-11(9,12)13-6-8(3)4/h5-32H2,1-4H3;7-8H,5-6H2,1-4H3,(H,9,12)/q+1;/p-1. The van der Waals surface area contributed by atoms with Crippen LogP contribution in [0.15, 0.2) is 0 Å². The summed E-state index contributed by atoms with van der Waals surface area (Å²) in [5.41, 5.74) is -2.80. The van der Waals surface area contributed by atoms with Gasteiger partial charge in [-0.15, -0.1) is 11.4 Å². The molecule has 0 aliphatic rings. The second-order valence-corrected chi connectivity index (χ2v) is 25.7. The van der Waals surface area contributed by atoms with E-state index in [1.54, 1.807) is 50.3 Å². The molecule has 0 saturated carbocycles. The van der Waals surface area contributed by atoms with Gasteiger partial charge >= 0.3 is 0 Å². The van der Waals surface area contributed by atoms with Crippen LogP contribution in [0.25, 0.3) is 0 Å². The minimum Gasteiger partial charge on any atom is -0.793 e. The molecule has 0 aromatic carbocycles. The molecule has 0 bridgehead atoms. The van der Waals surface area contributed by atoms with Crippen LogP contribution in [0.2, 0.25) is 0 Å². The number of hydrogen-bond acceptors (Lipinski definition) is 4. The third-order valence-corrected chi connectivity index (χ3v) is 18.7. The Labute approximate surface area is 302 Å². The van der Waals surface area contributed by atoms with Crippen LogP contribution in [0.5, 0.6) is 0 Å². The largest absolute Gasteiger partial charge is 0.793 e. The average molecular weight is 725 g/mol. The van der Waals surface area contributed by atoms with Gasteiger partial charge in [-0.2, -0.15) is 0 Å². The quantitative estimate of drug-likeness (QED) is 0.0488. The van der Waals surface area contributed by atoms with Gasteiger partial charge in [0.1, 0.15) is 0 Å². The maximum absolute atomic E-state index is 11.6. The summed E-state index contributed by atoms with van der Waals surface area (Å²) in [5.74, 6) is 1.69. The van der Waals surface area contributed by atoms with E-state index in [4.69, 9.17) is 16.3 Å². The molecule has 0 radical (unpaired) electrons. The summed E-state index contributed by atoms with van der Waals surface area (Å²) in [6.07, 6.45) is 42.1. The summed E-state index contributed by atoms with van der Waals surface area (Å²) in [6.45, 7) is 18.1. The molecule has 0 aromatic heterocycles. The number of hydrogen-bond donors (Lipinski definition) is 0. The fourth-order valence-corrected chi connectivity index (χ4v) is 14.6. The molecule has 2 nitrogen and oxygen atoms in total. The lowest BCUT2D eigenvalue weighted by atomic mass is 10.1. The first-order valence-corrected chi connectivity index (χ1v) is 27.3. The molecule has 0 saturated heterocycles. The molecule has 0 amide bonds. The van der Waals surface area contributed by atoms with Crippen molar-refractivity contribution in [3.05, 3.63) is 0 Å². The molecule has 1 atom stereocenters. The number of unbranched alkanes of at least 4 members (excludes halogenated alkanes) is 20. The highest BCUT2D eigenvalue weighted by Crippen LogP contribution is 2.61. The van der Waals surface area contributed by atoms with Gasteiger partial charge in [0, 0.05) is 18.7 Å². The zero-order valence-electron chi connectivity index (χ0n) is 32.9. The topological polar surface area (TPSA) is 32.3 Å². The molecule has 0 rings (SSSR count). The van der Waals surface area contributed by atoms with Crippen molar-refractivity contribution < 1.29 is 9.42 Å². The van der Waals surface area contributed by atoms with Crippen molar-refractivity contribution in [1.29, 1.82) is 0 Å². The fourth-order valence-electron chi connectivity index (χ4n) is 6.10. The van der Waals surface area contributed by atoms with Crippen molar-refractivity contribution in [3.63, 3.8) is 0 Å². The first-order valence-electron chi connectivity index (χ1n) is 20.5. The van der Waals surface area contributed by atoms with Crippen LogP contribution in [0.4, 0.5) is 0 Å². The Hall–Kier alpha value is 1.35. The predicted molar refractivity (Wildman–Crippen MR) is 222 cm³/mol. The summed E-state index contributed by atoms with van der Waals surface area (Å²) >= 11 is 6.15. The first kappa shape index (κ1) is 49.5. The van der Waals surface area contributed by atoms with Crippen LogP contribution in [0.3, 0.4) is 0 Å². The van der Waals surface area contributed by atoms with Gasteiger partial charge in [0.2, 0.25) is 0 Å². The molecule has 6 heteroatoms. The highest BCUT2D eigenvalue weighted by molar-refractivity contribution is 8.67. The summed E-state index contributed by atoms with van der Waals surface area (Å²) in [5, 5.41) is 0. The maximum atomic E-state index is 11.6. The zero-order chi connectivity index (χ0) is 34.8. The fraction of sp³-hybridized carbons (Fsp3) is 1.00. The van der Waals surface area contributed by atoms with Gasteiger partial charge in [-0.1, -0.05) is 170 Å². The Morgan fingerprint density at radius 1 is 0.500 bits per heavy atom. The minimum atomic E-state index is -2.80. The average Bonchev–Trinajstić information content (AvgIpc) is 3.02. The molecule has 0 spiro atoms. The molecule has 0 aromatic rings. The van der Waals surface area contributed by atoms with E-state index in [1.165, 1.54) is 140 Å². The summed E-state index contributed by atoms with van der Waals surface area (Å²) < 4.78 is 5.17. The Morgan fingerprint density at radius 3 is 1.07 bits per heavy atom. The molecular formula is C40H86O2P2S2. The lowest BCUT2D eigenvalue weighted by molar-refractivity contribution is -0.175. The Balaban J connectivity index is 0. The van der Waals surface area contributed by atoms with Crippen LogP contribution in [0, 0.1) is 11.8 Å². The second-order valence-electron chi connectivity index (χ2n) is 15.1. The summed E-state index contributed by atoms with van der Waals surface area (Å²) in [7, 11) is -0.697. The van der Waals surface area contributed by atoms with Crippen LogP contribution < -0.4 is 4.89 Å². The Morgan fingerprint density at radius 2 is 0.783 bits per heavy atom. The zero-order valence-corrected chi connectivity index (χ0v) is 36.3. The number of rotatable bonds is 34. The van der Waals surface area contributed by atoms with E-state index >= 15 is 0 Å². The first-order chi connectivity index (χ1) is 22.1. The molecule has 46 heavy (non-hydrogen) atoms. The second kappa shape index (κ2) is 36.2. The Bertz CT molecular complexity index is 597. The van der Waals surface area contributed by atoms with Gasteiger partial charge in [-0.3, -0.25) is 0 Å². The van der Waals surface area contributed by atoms with E-state index in [0.717, 1.165) is 5.75 Å². The highest BCUT2D eigenvalue weighted by atomic mass is 32.9. The van der Waals surface area contributed by atoms with Crippen molar-refractivity contribution in [2.75, 3.05) is 37.0 Å². The van der Waals surface area contributed by atoms with Crippen LogP contribution in [0.1, 0.15) is 209 Å². The van der Waals surface area contributed by atoms with Gasteiger partial charge in [-0.05, 0) is 63.2 Å². The van der Waals surface area contributed by atoms with Crippen molar-refractivity contribution >= 4 is 36.1 Å². The Kier molecular flexibility index (Phi) is 38.9. The van der Waals surface area contributed by atoms with Crippen LogP contribution >= 0.6 is 24.3 Å².